The second-order valence-corrected chi connectivity index (χ2v) is 6.28. The second-order valence-electron chi connectivity index (χ2n) is 6.28. The fraction of sp³-hybridized carbons (Fsp3) is 0.300. The summed E-state index contributed by atoms with van der Waals surface area (Å²) in [7, 11) is 3.12. The van der Waals surface area contributed by atoms with Gasteiger partial charge in [-0.05, 0) is 31.2 Å². The average Bonchev–Trinajstić information content (AvgIpc) is 3.01. The van der Waals surface area contributed by atoms with E-state index in [0.29, 0.717) is 23.6 Å². The van der Waals surface area contributed by atoms with Crippen LogP contribution in [0, 0.1) is 6.92 Å². The fourth-order valence-electron chi connectivity index (χ4n) is 3.02. The van der Waals surface area contributed by atoms with Gasteiger partial charge in [0.1, 0.15) is 0 Å². The Morgan fingerprint density at radius 2 is 1.77 bits per heavy atom. The van der Waals surface area contributed by atoms with Crippen molar-refractivity contribution in [3.05, 3.63) is 53.6 Å². The minimum Gasteiger partial charge on any atom is -0.493 e. The molecule has 1 saturated heterocycles. The molecule has 2 aromatic rings. The third-order valence-electron chi connectivity index (χ3n) is 4.45. The highest BCUT2D eigenvalue weighted by molar-refractivity contribution is 5.99. The molecule has 1 N–H and O–H groups in total. The van der Waals surface area contributed by atoms with Crippen molar-refractivity contribution in [3.8, 4) is 11.5 Å². The Hall–Kier alpha value is -3.02. The van der Waals surface area contributed by atoms with Gasteiger partial charge in [-0.15, -0.1) is 0 Å². The van der Waals surface area contributed by atoms with E-state index in [2.05, 4.69) is 5.32 Å². The van der Waals surface area contributed by atoms with Gasteiger partial charge in [-0.3, -0.25) is 9.59 Å². The van der Waals surface area contributed by atoms with E-state index in [-0.39, 0.29) is 24.3 Å². The zero-order valence-electron chi connectivity index (χ0n) is 15.1. The van der Waals surface area contributed by atoms with Crippen molar-refractivity contribution in [1.29, 1.82) is 0 Å². The molecular weight excluding hydrogens is 332 g/mol. The first kappa shape index (κ1) is 17.8. The van der Waals surface area contributed by atoms with E-state index >= 15 is 0 Å². The van der Waals surface area contributed by atoms with Crippen molar-refractivity contribution in [3.63, 3.8) is 0 Å². The highest BCUT2D eigenvalue weighted by Crippen LogP contribution is 2.33. The summed E-state index contributed by atoms with van der Waals surface area (Å²) < 4.78 is 10.5. The highest BCUT2D eigenvalue weighted by Gasteiger charge is 2.32. The molecule has 1 aliphatic heterocycles. The van der Waals surface area contributed by atoms with E-state index in [9.17, 15) is 9.59 Å². The van der Waals surface area contributed by atoms with Crippen LogP contribution in [-0.4, -0.2) is 38.6 Å². The Morgan fingerprint density at radius 3 is 2.42 bits per heavy atom. The number of carbonyl (C=O) groups excluding carboxylic acids is 2. The minimum absolute atomic E-state index is 0.0357. The van der Waals surface area contributed by atoms with Crippen LogP contribution in [0.3, 0.4) is 0 Å². The molecule has 2 aromatic carbocycles. The van der Waals surface area contributed by atoms with Crippen molar-refractivity contribution in [2.24, 2.45) is 0 Å². The van der Waals surface area contributed by atoms with Gasteiger partial charge in [-0.2, -0.15) is 0 Å². The summed E-state index contributed by atoms with van der Waals surface area (Å²) in [5, 5.41) is 2.94. The minimum atomic E-state index is -0.232. The molecule has 0 saturated carbocycles. The number of rotatable bonds is 5. The quantitative estimate of drug-likeness (QED) is 0.896. The van der Waals surface area contributed by atoms with E-state index in [1.807, 2.05) is 25.1 Å². The predicted molar refractivity (Wildman–Crippen MR) is 98.9 cm³/mol. The van der Waals surface area contributed by atoms with Crippen LogP contribution in [-0.2, 0) is 4.79 Å². The monoisotopic (exact) mass is 354 g/mol. The number of benzene rings is 2. The first-order chi connectivity index (χ1) is 12.5. The van der Waals surface area contributed by atoms with Gasteiger partial charge in [-0.1, -0.05) is 17.7 Å². The number of methoxy groups -OCH3 is 2. The fourth-order valence-corrected chi connectivity index (χ4v) is 3.02. The van der Waals surface area contributed by atoms with Crippen molar-refractivity contribution >= 4 is 17.5 Å². The standard InChI is InChI=1S/C20H22N2O4/c1-13-4-6-14(7-5-13)20(24)21-15-10-19(23)22(12-15)16-8-9-17(25-2)18(11-16)26-3/h4-9,11,15H,10,12H2,1-3H3,(H,21,24)/t15-/m1/s1. The number of hydrogen-bond acceptors (Lipinski definition) is 4. The molecule has 6 heteroatoms. The van der Waals surface area contributed by atoms with Crippen LogP contribution < -0.4 is 19.7 Å². The first-order valence-electron chi connectivity index (χ1n) is 8.41. The average molecular weight is 354 g/mol. The Labute approximate surface area is 152 Å². The summed E-state index contributed by atoms with van der Waals surface area (Å²) in [5.41, 5.74) is 2.41. The van der Waals surface area contributed by atoms with Crippen LogP contribution >= 0.6 is 0 Å². The maximum absolute atomic E-state index is 12.4. The van der Waals surface area contributed by atoms with Crippen molar-refractivity contribution < 1.29 is 19.1 Å². The van der Waals surface area contributed by atoms with Crippen LogP contribution in [0.2, 0.25) is 0 Å². The van der Waals surface area contributed by atoms with Gasteiger partial charge in [0.15, 0.2) is 11.5 Å². The summed E-state index contributed by atoms with van der Waals surface area (Å²) >= 11 is 0. The number of nitrogens with zero attached hydrogens (tertiary/aromatic N) is 1. The third-order valence-corrected chi connectivity index (χ3v) is 4.45. The summed E-state index contributed by atoms with van der Waals surface area (Å²) in [5.74, 6) is 0.959. The van der Waals surface area contributed by atoms with Crippen LogP contribution in [0.25, 0.3) is 0 Å². The number of aryl methyl sites for hydroxylation is 1. The molecule has 0 unspecified atom stereocenters. The topological polar surface area (TPSA) is 67.9 Å². The SMILES string of the molecule is COc1ccc(N2C[C@H](NC(=O)c3ccc(C)cc3)CC2=O)cc1OC. The molecule has 0 aromatic heterocycles. The van der Waals surface area contributed by atoms with E-state index < -0.39 is 0 Å². The lowest BCUT2D eigenvalue weighted by Gasteiger charge is -2.19. The molecule has 1 atom stereocenters. The molecule has 2 amide bonds. The van der Waals surface area contributed by atoms with Crippen molar-refractivity contribution in [2.45, 2.75) is 19.4 Å². The largest absolute Gasteiger partial charge is 0.493 e. The molecule has 1 fully saturated rings. The zero-order valence-corrected chi connectivity index (χ0v) is 15.1. The Morgan fingerprint density at radius 1 is 1.08 bits per heavy atom. The summed E-state index contributed by atoms with van der Waals surface area (Å²) in [6, 6.07) is 12.5. The molecule has 0 radical (unpaired) electrons. The van der Waals surface area contributed by atoms with Gasteiger partial charge < -0.3 is 19.7 Å². The lowest BCUT2D eigenvalue weighted by Crippen LogP contribution is -2.37. The molecule has 0 aliphatic carbocycles. The highest BCUT2D eigenvalue weighted by atomic mass is 16.5. The number of hydrogen-bond donors (Lipinski definition) is 1. The van der Waals surface area contributed by atoms with Gasteiger partial charge in [-0.25, -0.2) is 0 Å². The van der Waals surface area contributed by atoms with Crippen molar-refractivity contribution in [1.82, 2.24) is 5.32 Å². The van der Waals surface area contributed by atoms with E-state index in [0.717, 1.165) is 11.3 Å². The van der Waals surface area contributed by atoms with E-state index in [4.69, 9.17) is 9.47 Å². The Kier molecular flexibility index (Phi) is 5.11. The molecule has 3 rings (SSSR count). The molecular formula is C20H22N2O4. The van der Waals surface area contributed by atoms with Crippen LogP contribution in [0.1, 0.15) is 22.3 Å². The molecule has 136 valence electrons. The van der Waals surface area contributed by atoms with Crippen LogP contribution in [0.15, 0.2) is 42.5 Å². The smallest absolute Gasteiger partial charge is 0.251 e. The molecule has 0 bridgehead atoms. The van der Waals surface area contributed by atoms with Gasteiger partial charge in [0.25, 0.3) is 5.91 Å². The zero-order chi connectivity index (χ0) is 18.7. The molecule has 6 nitrogen and oxygen atoms in total. The van der Waals surface area contributed by atoms with Gasteiger partial charge in [0.05, 0.1) is 20.3 Å². The Bertz CT molecular complexity index is 817. The summed E-state index contributed by atoms with van der Waals surface area (Å²) in [4.78, 5) is 26.4. The van der Waals surface area contributed by atoms with E-state index in [1.54, 1.807) is 43.4 Å². The second kappa shape index (κ2) is 7.47. The summed E-state index contributed by atoms with van der Waals surface area (Å²) in [6.07, 6.45) is 0.270. The number of ether oxygens (including phenoxy) is 2. The Balaban J connectivity index is 1.70. The third kappa shape index (κ3) is 3.64. The van der Waals surface area contributed by atoms with E-state index in [1.165, 1.54) is 0 Å². The van der Waals surface area contributed by atoms with Crippen LogP contribution in [0.4, 0.5) is 5.69 Å². The molecule has 26 heavy (non-hydrogen) atoms. The molecule has 1 aliphatic rings. The van der Waals surface area contributed by atoms with Gasteiger partial charge >= 0.3 is 0 Å². The number of anilines is 1. The van der Waals surface area contributed by atoms with Crippen LogP contribution in [0.5, 0.6) is 11.5 Å². The number of amides is 2. The number of carbonyl (C=O) groups is 2. The molecule has 0 spiro atoms. The summed E-state index contributed by atoms with van der Waals surface area (Å²) in [6.45, 7) is 2.39. The lowest BCUT2D eigenvalue weighted by molar-refractivity contribution is -0.117. The van der Waals surface area contributed by atoms with Crippen molar-refractivity contribution in [2.75, 3.05) is 25.7 Å². The maximum atomic E-state index is 12.4. The normalized spacial score (nSPS) is 16.5. The van der Waals surface area contributed by atoms with Gasteiger partial charge in [0.2, 0.25) is 5.91 Å². The lowest BCUT2D eigenvalue weighted by atomic mass is 10.1. The maximum Gasteiger partial charge on any atom is 0.251 e. The molecule has 1 heterocycles. The van der Waals surface area contributed by atoms with Gasteiger partial charge in [0, 0.05) is 30.3 Å². The predicted octanol–water partition coefficient (Wildman–Crippen LogP) is 2.55. The number of nitrogens with one attached hydrogen (secondary N) is 1. The first-order valence-corrected chi connectivity index (χ1v) is 8.41.